The molecule has 1 amide bonds. The van der Waals surface area contributed by atoms with E-state index in [1.807, 2.05) is 19.9 Å². The maximum absolute atomic E-state index is 12.6. The number of carbonyl (C=O) groups excluding carboxylic acids is 1. The second kappa shape index (κ2) is 8.80. The first kappa shape index (κ1) is 21.1. The minimum atomic E-state index is -4.21. The van der Waals surface area contributed by atoms with Crippen molar-refractivity contribution >= 4 is 41.7 Å². The Bertz CT molecular complexity index is 924. The van der Waals surface area contributed by atoms with Crippen LogP contribution in [-0.4, -0.2) is 32.0 Å². The normalized spacial score (nSPS) is 16.9. The Balaban J connectivity index is 1.78. The van der Waals surface area contributed by atoms with Gasteiger partial charge in [0.15, 0.2) is 5.13 Å². The van der Waals surface area contributed by atoms with Crippen molar-refractivity contribution in [3.8, 4) is 5.75 Å². The standard InChI is InChI=1S/C18H21N2O5PS2/c1-11(2)25-14-8-12(9-15-3-4-16(28-15)26(22,23)24)7-13(10-14)17(21)20-18-19-5-6-27-18/h4-8,10-11,15H,3,9H2,1-2H3,(H,19,20,21)(H2,22,23,24). The van der Waals surface area contributed by atoms with Crippen molar-refractivity contribution in [3.63, 3.8) is 0 Å². The van der Waals surface area contributed by atoms with E-state index in [-0.39, 0.29) is 21.9 Å². The molecule has 0 saturated carbocycles. The van der Waals surface area contributed by atoms with Crippen molar-refractivity contribution in [2.75, 3.05) is 5.32 Å². The molecule has 0 bridgehead atoms. The maximum Gasteiger partial charge on any atom is 0.362 e. The highest BCUT2D eigenvalue weighted by Crippen LogP contribution is 2.56. The number of hydrogen-bond acceptors (Lipinski definition) is 6. The van der Waals surface area contributed by atoms with Crippen LogP contribution in [0, 0.1) is 0 Å². The lowest BCUT2D eigenvalue weighted by Gasteiger charge is -2.15. The number of thioether (sulfide) groups is 1. The van der Waals surface area contributed by atoms with Gasteiger partial charge in [-0.25, -0.2) is 4.98 Å². The van der Waals surface area contributed by atoms with E-state index in [1.165, 1.54) is 23.1 Å². The molecule has 3 rings (SSSR count). The Kier molecular flexibility index (Phi) is 6.62. The van der Waals surface area contributed by atoms with Crippen LogP contribution in [0.3, 0.4) is 0 Å². The fourth-order valence-corrected chi connectivity index (χ4v) is 5.64. The molecule has 1 unspecified atom stereocenters. The van der Waals surface area contributed by atoms with Gasteiger partial charge in [0.1, 0.15) is 5.75 Å². The van der Waals surface area contributed by atoms with Gasteiger partial charge >= 0.3 is 7.60 Å². The number of anilines is 1. The first-order valence-electron chi connectivity index (χ1n) is 8.65. The Morgan fingerprint density at radius 3 is 2.79 bits per heavy atom. The number of benzene rings is 1. The fourth-order valence-electron chi connectivity index (χ4n) is 2.78. The van der Waals surface area contributed by atoms with Gasteiger partial charge in [0, 0.05) is 22.4 Å². The lowest BCUT2D eigenvalue weighted by atomic mass is 10.0. The molecule has 150 valence electrons. The van der Waals surface area contributed by atoms with Gasteiger partial charge in [-0.2, -0.15) is 0 Å². The SMILES string of the molecule is CC(C)Oc1cc(CC2CC=C(P(=O)(O)O)S2)cc(C(=O)Nc2nccs2)c1. The second-order valence-corrected chi connectivity index (χ2v) is 10.7. The molecular formula is C18H21N2O5PS2. The lowest BCUT2D eigenvalue weighted by Crippen LogP contribution is -2.14. The summed E-state index contributed by atoms with van der Waals surface area (Å²) in [5.74, 6) is 0.307. The first-order valence-corrected chi connectivity index (χ1v) is 12.0. The molecule has 10 heteroatoms. The molecule has 0 radical (unpaired) electrons. The monoisotopic (exact) mass is 440 g/mol. The highest BCUT2D eigenvalue weighted by Gasteiger charge is 2.29. The molecule has 2 heterocycles. The summed E-state index contributed by atoms with van der Waals surface area (Å²) in [6.07, 6.45) is 4.31. The van der Waals surface area contributed by atoms with Crippen LogP contribution < -0.4 is 10.1 Å². The molecule has 1 atom stereocenters. The average molecular weight is 440 g/mol. The number of aromatic nitrogens is 1. The number of allylic oxidation sites excluding steroid dienone is 1. The molecule has 1 aliphatic rings. The van der Waals surface area contributed by atoms with Crippen molar-refractivity contribution in [1.29, 1.82) is 0 Å². The van der Waals surface area contributed by atoms with E-state index < -0.39 is 7.60 Å². The van der Waals surface area contributed by atoms with E-state index in [9.17, 15) is 19.1 Å². The minimum Gasteiger partial charge on any atom is -0.491 e. The summed E-state index contributed by atoms with van der Waals surface area (Å²) in [5, 5.41) is 5.06. The molecule has 7 nitrogen and oxygen atoms in total. The zero-order valence-corrected chi connectivity index (χ0v) is 17.9. The topological polar surface area (TPSA) is 109 Å². The van der Waals surface area contributed by atoms with Crippen LogP contribution in [-0.2, 0) is 11.0 Å². The number of ether oxygens (including phenoxy) is 1. The van der Waals surface area contributed by atoms with E-state index >= 15 is 0 Å². The number of rotatable bonds is 7. The molecule has 1 aromatic carbocycles. The van der Waals surface area contributed by atoms with Gasteiger partial charge in [-0.15, -0.1) is 23.1 Å². The number of carbonyl (C=O) groups is 1. The molecule has 0 spiro atoms. The second-order valence-electron chi connectivity index (χ2n) is 6.59. The van der Waals surface area contributed by atoms with Crippen molar-refractivity contribution in [3.05, 3.63) is 51.6 Å². The van der Waals surface area contributed by atoms with Crippen LogP contribution >= 0.6 is 30.7 Å². The zero-order chi connectivity index (χ0) is 20.3. The summed E-state index contributed by atoms with van der Waals surface area (Å²) >= 11 is 2.53. The van der Waals surface area contributed by atoms with E-state index in [4.69, 9.17) is 4.74 Å². The Morgan fingerprint density at radius 1 is 1.39 bits per heavy atom. The fraction of sp³-hybridized carbons (Fsp3) is 0.333. The van der Waals surface area contributed by atoms with E-state index in [0.717, 1.165) is 5.56 Å². The summed E-state index contributed by atoms with van der Waals surface area (Å²) in [4.78, 5) is 35.3. The van der Waals surface area contributed by atoms with Gasteiger partial charge in [-0.3, -0.25) is 14.7 Å². The van der Waals surface area contributed by atoms with Crippen molar-refractivity contribution < 1.29 is 23.9 Å². The van der Waals surface area contributed by atoms with E-state index in [2.05, 4.69) is 10.3 Å². The molecule has 28 heavy (non-hydrogen) atoms. The van der Waals surface area contributed by atoms with Crippen LogP contribution in [0.15, 0.2) is 40.5 Å². The summed E-state index contributed by atoms with van der Waals surface area (Å²) in [6.45, 7) is 3.82. The van der Waals surface area contributed by atoms with Crippen molar-refractivity contribution in [2.24, 2.45) is 0 Å². The Labute approximate surface area is 171 Å². The highest BCUT2D eigenvalue weighted by atomic mass is 32.2. The molecule has 1 aromatic heterocycles. The van der Waals surface area contributed by atoms with Gasteiger partial charge in [0.2, 0.25) is 0 Å². The van der Waals surface area contributed by atoms with E-state index in [1.54, 1.807) is 29.8 Å². The third kappa shape index (κ3) is 5.68. The summed E-state index contributed by atoms with van der Waals surface area (Å²) < 4.78 is 17.3. The minimum absolute atomic E-state index is 0.00630. The predicted octanol–water partition coefficient (Wildman–Crippen LogP) is 4.25. The van der Waals surface area contributed by atoms with Crippen molar-refractivity contribution in [1.82, 2.24) is 4.98 Å². The number of thiazole rings is 1. The Morgan fingerprint density at radius 2 is 2.18 bits per heavy atom. The van der Waals surface area contributed by atoms with Crippen LogP contribution in [0.5, 0.6) is 5.75 Å². The molecule has 1 aliphatic heterocycles. The third-order valence-corrected chi connectivity index (χ3v) is 7.42. The molecule has 0 fully saturated rings. The number of nitrogens with one attached hydrogen (secondary N) is 1. The van der Waals surface area contributed by atoms with Gasteiger partial charge in [-0.1, -0.05) is 6.08 Å². The van der Waals surface area contributed by atoms with Gasteiger partial charge < -0.3 is 14.5 Å². The number of hydrogen-bond donors (Lipinski definition) is 3. The summed E-state index contributed by atoms with van der Waals surface area (Å²) in [5.41, 5.74) is 1.33. The van der Waals surface area contributed by atoms with Crippen LogP contribution in [0.25, 0.3) is 0 Å². The predicted molar refractivity (Wildman–Crippen MR) is 112 cm³/mol. The molecule has 0 aliphatic carbocycles. The highest BCUT2D eigenvalue weighted by molar-refractivity contribution is 8.10. The lowest BCUT2D eigenvalue weighted by molar-refractivity contribution is 0.102. The molecule has 0 saturated heterocycles. The van der Waals surface area contributed by atoms with Crippen LogP contribution in [0.2, 0.25) is 0 Å². The van der Waals surface area contributed by atoms with Gasteiger partial charge in [0.05, 0.1) is 10.8 Å². The smallest absolute Gasteiger partial charge is 0.362 e. The average Bonchev–Trinajstić information content (AvgIpc) is 3.25. The number of nitrogens with zero attached hydrogens (tertiary/aromatic N) is 1. The molecule has 2 aromatic rings. The van der Waals surface area contributed by atoms with Crippen molar-refractivity contribution in [2.45, 2.75) is 38.0 Å². The van der Waals surface area contributed by atoms with Crippen LogP contribution in [0.4, 0.5) is 5.13 Å². The van der Waals surface area contributed by atoms with Crippen LogP contribution in [0.1, 0.15) is 36.2 Å². The van der Waals surface area contributed by atoms with E-state index in [0.29, 0.717) is 29.3 Å². The molecule has 3 N–H and O–H groups in total. The zero-order valence-electron chi connectivity index (χ0n) is 15.4. The maximum atomic E-state index is 12.6. The number of amides is 1. The largest absolute Gasteiger partial charge is 0.491 e. The Hall–Kier alpha value is -1.64. The third-order valence-electron chi connectivity index (χ3n) is 3.85. The first-order chi connectivity index (χ1) is 13.2. The molecular weight excluding hydrogens is 419 g/mol. The van der Waals surface area contributed by atoms with Gasteiger partial charge in [0.25, 0.3) is 5.91 Å². The van der Waals surface area contributed by atoms with Gasteiger partial charge in [-0.05, 0) is 50.5 Å². The summed E-state index contributed by atoms with van der Waals surface area (Å²) in [6, 6.07) is 5.34. The quantitative estimate of drug-likeness (QED) is 0.552. The summed E-state index contributed by atoms with van der Waals surface area (Å²) in [7, 11) is -4.21.